The topological polar surface area (TPSA) is 59.0 Å². The third kappa shape index (κ3) is 2.61. The second-order valence-electron chi connectivity index (χ2n) is 4.08. The van der Waals surface area contributed by atoms with Gasteiger partial charge in [0, 0.05) is 11.3 Å². The van der Waals surface area contributed by atoms with Crippen molar-refractivity contribution in [3.63, 3.8) is 0 Å². The van der Waals surface area contributed by atoms with Gasteiger partial charge >= 0.3 is 0 Å². The Morgan fingerprint density at radius 3 is 2.72 bits per heavy atom. The van der Waals surface area contributed by atoms with E-state index in [-0.39, 0.29) is 0 Å². The molecule has 2 rings (SSSR count). The fourth-order valence-corrected chi connectivity index (χ4v) is 1.65. The van der Waals surface area contributed by atoms with Crippen LogP contribution in [0.2, 0.25) is 0 Å². The molecule has 0 aliphatic carbocycles. The first kappa shape index (κ1) is 12.0. The zero-order valence-electron chi connectivity index (χ0n) is 10.2. The van der Waals surface area contributed by atoms with Crippen LogP contribution in [0.4, 0.5) is 5.69 Å². The van der Waals surface area contributed by atoms with Crippen molar-refractivity contribution in [3.05, 3.63) is 59.2 Å². The summed E-state index contributed by atoms with van der Waals surface area (Å²) < 4.78 is 5.66. The van der Waals surface area contributed by atoms with Crippen molar-refractivity contribution in [2.75, 3.05) is 5.73 Å². The maximum Gasteiger partial charge on any atom is 0.120 e. The molecule has 90 valence electrons. The second kappa shape index (κ2) is 5.24. The molecule has 0 fully saturated rings. The molecule has 0 saturated heterocycles. The first-order chi connectivity index (χ1) is 8.70. The molecule has 0 aliphatic rings. The Morgan fingerprint density at radius 1 is 1.22 bits per heavy atom. The van der Waals surface area contributed by atoms with E-state index >= 15 is 0 Å². The van der Waals surface area contributed by atoms with Crippen molar-refractivity contribution in [3.8, 4) is 11.8 Å². The van der Waals surface area contributed by atoms with Gasteiger partial charge in [-0.2, -0.15) is 5.26 Å². The molecule has 0 radical (unpaired) electrons. The van der Waals surface area contributed by atoms with Crippen molar-refractivity contribution >= 4 is 5.69 Å². The predicted molar refractivity (Wildman–Crippen MR) is 71.1 cm³/mol. The fraction of sp³-hybridized carbons (Fsp3) is 0.133. The number of hydrogen-bond acceptors (Lipinski definition) is 3. The molecule has 0 amide bonds. The van der Waals surface area contributed by atoms with E-state index in [9.17, 15) is 0 Å². The van der Waals surface area contributed by atoms with E-state index in [1.165, 1.54) is 0 Å². The van der Waals surface area contributed by atoms with Crippen molar-refractivity contribution in [1.29, 1.82) is 5.26 Å². The van der Waals surface area contributed by atoms with E-state index in [0.717, 1.165) is 22.6 Å². The molecule has 0 bridgehead atoms. The summed E-state index contributed by atoms with van der Waals surface area (Å²) in [5.74, 6) is 0.759. The van der Waals surface area contributed by atoms with Gasteiger partial charge in [0.2, 0.25) is 0 Å². The molecular formula is C15H14N2O. The molecule has 3 nitrogen and oxygen atoms in total. The van der Waals surface area contributed by atoms with E-state index in [2.05, 4.69) is 6.07 Å². The zero-order valence-corrected chi connectivity index (χ0v) is 10.2. The molecule has 3 heteroatoms. The lowest BCUT2D eigenvalue weighted by atomic mass is 10.1. The Balaban J connectivity index is 2.12. The van der Waals surface area contributed by atoms with Crippen LogP contribution in [0.3, 0.4) is 0 Å². The molecule has 0 aliphatic heterocycles. The lowest BCUT2D eigenvalue weighted by molar-refractivity contribution is 0.306. The van der Waals surface area contributed by atoms with Gasteiger partial charge in [0.05, 0.1) is 11.6 Å². The lowest BCUT2D eigenvalue weighted by Gasteiger charge is -2.09. The maximum atomic E-state index is 8.97. The van der Waals surface area contributed by atoms with Gasteiger partial charge < -0.3 is 10.5 Å². The summed E-state index contributed by atoms with van der Waals surface area (Å²) in [7, 11) is 0. The van der Waals surface area contributed by atoms with Gasteiger partial charge in [-0.25, -0.2) is 0 Å². The van der Waals surface area contributed by atoms with Gasteiger partial charge in [-0.15, -0.1) is 0 Å². The van der Waals surface area contributed by atoms with Gasteiger partial charge in [0.15, 0.2) is 0 Å². The van der Waals surface area contributed by atoms with E-state index in [4.69, 9.17) is 15.7 Å². The van der Waals surface area contributed by atoms with Gasteiger partial charge in [0.25, 0.3) is 0 Å². The summed E-state index contributed by atoms with van der Waals surface area (Å²) in [5, 5.41) is 8.97. The molecule has 0 atom stereocenters. The predicted octanol–water partition coefficient (Wildman–Crippen LogP) is 3.03. The number of hydrogen-bond donors (Lipinski definition) is 1. The number of nitrogen functional groups attached to an aromatic ring is 1. The van der Waals surface area contributed by atoms with Gasteiger partial charge in [0.1, 0.15) is 12.4 Å². The quantitative estimate of drug-likeness (QED) is 0.836. The van der Waals surface area contributed by atoms with E-state index < -0.39 is 0 Å². The summed E-state index contributed by atoms with van der Waals surface area (Å²) in [6.45, 7) is 2.32. The van der Waals surface area contributed by atoms with Gasteiger partial charge in [-0.05, 0) is 36.8 Å². The highest BCUT2D eigenvalue weighted by atomic mass is 16.5. The summed E-state index contributed by atoms with van der Waals surface area (Å²) >= 11 is 0. The SMILES string of the molecule is Cc1cc(OCc2ccccc2C#N)ccc1N. The van der Waals surface area contributed by atoms with Crippen LogP contribution in [-0.4, -0.2) is 0 Å². The molecule has 0 heterocycles. The number of nitriles is 1. The van der Waals surface area contributed by atoms with E-state index in [0.29, 0.717) is 12.2 Å². The number of nitrogens with zero attached hydrogens (tertiary/aromatic N) is 1. The molecule has 0 saturated carbocycles. The Hall–Kier alpha value is -2.47. The largest absolute Gasteiger partial charge is 0.489 e. The Labute approximate surface area is 106 Å². The Bertz CT molecular complexity index is 600. The number of nitrogens with two attached hydrogens (primary N) is 1. The molecule has 0 aromatic heterocycles. The van der Waals surface area contributed by atoms with Crippen molar-refractivity contribution in [2.24, 2.45) is 0 Å². The van der Waals surface area contributed by atoms with Crippen LogP contribution in [-0.2, 0) is 6.61 Å². The first-order valence-electron chi connectivity index (χ1n) is 5.67. The minimum Gasteiger partial charge on any atom is -0.489 e. The molecule has 0 unspecified atom stereocenters. The minimum atomic E-state index is 0.382. The molecular weight excluding hydrogens is 224 g/mol. The first-order valence-corrected chi connectivity index (χ1v) is 5.67. The monoisotopic (exact) mass is 238 g/mol. The van der Waals surface area contributed by atoms with E-state index in [1.54, 1.807) is 6.07 Å². The van der Waals surface area contributed by atoms with Crippen LogP contribution in [0.1, 0.15) is 16.7 Å². The van der Waals surface area contributed by atoms with Crippen LogP contribution in [0, 0.1) is 18.3 Å². The average molecular weight is 238 g/mol. The van der Waals surface area contributed by atoms with Crippen molar-refractivity contribution in [1.82, 2.24) is 0 Å². The van der Waals surface area contributed by atoms with Crippen LogP contribution < -0.4 is 10.5 Å². The second-order valence-corrected chi connectivity index (χ2v) is 4.08. The molecule has 2 aromatic rings. The minimum absolute atomic E-state index is 0.382. The summed E-state index contributed by atoms with van der Waals surface area (Å²) in [4.78, 5) is 0. The smallest absolute Gasteiger partial charge is 0.120 e. The lowest BCUT2D eigenvalue weighted by Crippen LogP contribution is -1.99. The average Bonchev–Trinajstić information content (AvgIpc) is 2.40. The van der Waals surface area contributed by atoms with Crippen LogP contribution in [0.5, 0.6) is 5.75 Å². The number of benzene rings is 2. The van der Waals surface area contributed by atoms with E-state index in [1.807, 2.05) is 43.3 Å². The standard InChI is InChI=1S/C15H14N2O/c1-11-8-14(6-7-15(11)17)18-10-13-5-3-2-4-12(13)9-16/h2-8H,10,17H2,1H3. The molecule has 2 N–H and O–H groups in total. The highest BCUT2D eigenvalue weighted by molar-refractivity contribution is 5.49. The fourth-order valence-electron chi connectivity index (χ4n) is 1.65. The highest BCUT2D eigenvalue weighted by Gasteiger charge is 2.02. The Morgan fingerprint density at radius 2 is 2.00 bits per heavy atom. The number of aryl methyl sites for hydroxylation is 1. The van der Waals surface area contributed by atoms with Crippen molar-refractivity contribution in [2.45, 2.75) is 13.5 Å². The molecule has 18 heavy (non-hydrogen) atoms. The molecule has 2 aromatic carbocycles. The zero-order chi connectivity index (χ0) is 13.0. The summed E-state index contributed by atoms with van der Waals surface area (Å²) in [6, 6.07) is 15.1. The van der Waals surface area contributed by atoms with Crippen LogP contribution in [0.25, 0.3) is 0 Å². The number of rotatable bonds is 3. The van der Waals surface area contributed by atoms with Gasteiger partial charge in [-0.3, -0.25) is 0 Å². The number of anilines is 1. The summed E-state index contributed by atoms with van der Waals surface area (Å²) in [6.07, 6.45) is 0. The third-order valence-electron chi connectivity index (χ3n) is 2.77. The molecule has 0 spiro atoms. The van der Waals surface area contributed by atoms with Crippen LogP contribution in [0.15, 0.2) is 42.5 Å². The summed E-state index contributed by atoms with van der Waals surface area (Å²) in [5.41, 5.74) is 9.01. The normalized spacial score (nSPS) is 9.78. The van der Waals surface area contributed by atoms with Crippen LogP contribution >= 0.6 is 0 Å². The van der Waals surface area contributed by atoms with Crippen molar-refractivity contribution < 1.29 is 4.74 Å². The highest BCUT2D eigenvalue weighted by Crippen LogP contribution is 2.20. The number of ether oxygens (including phenoxy) is 1. The maximum absolute atomic E-state index is 8.97. The Kier molecular flexibility index (Phi) is 3.49. The third-order valence-corrected chi connectivity index (χ3v) is 2.77. The van der Waals surface area contributed by atoms with Gasteiger partial charge in [-0.1, -0.05) is 18.2 Å².